The number of nitrogen functional groups attached to an aromatic ring is 1. The van der Waals surface area contributed by atoms with Gasteiger partial charge in [0, 0.05) is 22.1 Å². The Bertz CT molecular complexity index is 485. The second-order valence-electron chi connectivity index (χ2n) is 2.91. The number of pyridine rings is 1. The zero-order chi connectivity index (χ0) is 10.1. The summed E-state index contributed by atoms with van der Waals surface area (Å²) < 4.78 is 6.10. The molecule has 0 atom stereocenters. The first-order valence-electron chi connectivity index (χ1n) is 4.10. The lowest BCUT2D eigenvalue weighted by molar-refractivity contribution is 0.415. The van der Waals surface area contributed by atoms with Gasteiger partial charge in [-0.3, -0.25) is 4.98 Å². The molecule has 0 spiro atoms. The largest absolute Gasteiger partial charge is 0.497 e. The van der Waals surface area contributed by atoms with Crippen LogP contribution in [-0.4, -0.2) is 12.1 Å². The number of fused-ring (bicyclic) bond motifs is 1. The van der Waals surface area contributed by atoms with Crippen molar-refractivity contribution < 1.29 is 4.74 Å². The summed E-state index contributed by atoms with van der Waals surface area (Å²) in [4.78, 5) is 4.21. The van der Waals surface area contributed by atoms with Crippen LogP contribution in [0.3, 0.4) is 0 Å². The first kappa shape index (κ1) is 9.27. The molecule has 0 aliphatic heterocycles. The van der Waals surface area contributed by atoms with Crippen LogP contribution in [0.4, 0.5) is 5.69 Å². The smallest absolute Gasteiger partial charge is 0.121 e. The second-order valence-corrected chi connectivity index (χ2v) is 3.76. The molecular weight excluding hydrogens is 244 g/mol. The SMILES string of the molecule is COc1cc(N)c2nccc(Br)c2c1. The third-order valence-corrected chi connectivity index (χ3v) is 2.72. The maximum Gasteiger partial charge on any atom is 0.121 e. The summed E-state index contributed by atoms with van der Waals surface area (Å²) in [6, 6.07) is 5.55. The van der Waals surface area contributed by atoms with Crippen molar-refractivity contribution >= 4 is 32.5 Å². The Morgan fingerprint density at radius 1 is 1.43 bits per heavy atom. The summed E-state index contributed by atoms with van der Waals surface area (Å²) in [6.07, 6.45) is 1.72. The Kier molecular flexibility index (Phi) is 2.29. The van der Waals surface area contributed by atoms with Gasteiger partial charge in [-0.1, -0.05) is 15.9 Å². The number of aromatic nitrogens is 1. The van der Waals surface area contributed by atoms with Crippen molar-refractivity contribution in [2.24, 2.45) is 0 Å². The second kappa shape index (κ2) is 3.46. The van der Waals surface area contributed by atoms with E-state index in [-0.39, 0.29) is 0 Å². The summed E-state index contributed by atoms with van der Waals surface area (Å²) in [6.45, 7) is 0. The van der Waals surface area contributed by atoms with Crippen LogP contribution in [0.2, 0.25) is 0 Å². The molecule has 3 nitrogen and oxygen atoms in total. The molecule has 0 aliphatic carbocycles. The highest BCUT2D eigenvalue weighted by Gasteiger charge is 2.05. The predicted molar refractivity (Wildman–Crippen MR) is 60.4 cm³/mol. The molecule has 0 aliphatic rings. The third kappa shape index (κ3) is 1.42. The van der Waals surface area contributed by atoms with Crippen molar-refractivity contribution in [3.63, 3.8) is 0 Å². The monoisotopic (exact) mass is 252 g/mol. The van der Waals surface area contributed by atoms with E-state index in [1.807, 2.05) is 12.1 Å². The number of ether oxygens (including phenoxy) is 1. The maximum absolute atomic E-state index is 5.84. The first-order chi connectivity index (χ1) is 6.72. The lowest BCUT2D eigenvalue weighted by Crippen LogP contribution is -1.92. The fourth-order valence-corrected chi connectivity index (χ4v) is 1.76. The van der Waals surface area contributed by atoms with E-state index in [4.69, 9.17) is 10.5 Å². The third-order valence-electron chi connectivity index (χ3n) is 2.03. The number of methoxy groups -OCH3 is 1. The molecule has 0 radical (unpaired) electrons. The standard InChI is InChI=1S/C10H9BrN2O/c1-14-6-4-7-8(11)2-3-13-10(7)9(12)5-6/h2-5H,12H2,1H3. The highest BCUT2D eigenvalue weighted by molar-refractivity contribution is 9.10. The van der Waals surface area contributed by atoms with Crippen LogP contribution < -0.4 is 10.5 Å². The number of hydrogen-bond donors (Lipinski definition) is 1. The lowest BCUT2D eigenvalue weighted by Gasteiger charge is -2.06. The summed E-state index contributed by atoms with van der Waals surface area (Å²) in [5, 5.41) is 0.962. The van der Waals surface area contributed by atoms with Crippen LogP contribution in [0, 0.1) is 0 Å². The number of nitrogens with zero attached hydrogens (tertiary/aromatic N) is 1. The molecule has 14 heavy (non-hydrogen) atoms. The summed E-state index contributed by atoms with van der Waals surface area (Å²) in [7, 11) is 1.62. The molecule has 0 fully saturated rings. The fourth-order valence-electron chi connectivity index (χ4n) is 1.34. The van der Waals surface area contributed by atoms with Crippen molar-refractivity contribution in [2.75, 3.05) is 12.8 Å². The first-order valence-corrected chi connectivity index (χ1v) is 4.89. The molecule has 0 saturated heterocycles. The van der Waals surface area contributed by atoms with E-state index < -0.39 is 0 Å². The van der Waals surface area contributed by atoms with Crippen LogP contribution in [0.1, 0.15) is 0 Å². The molecular formula is C10H9BrN2O. The van der Waals surface area contributed by atoms with Gasteiger partial charge >= 0.3 is 0 Å². The minimum Gasteiger partial charge on any atom is -0.497 e. The molecule has 72 valence electrons. The van der Waals surface area contributed by atoms with Gasteiger partial charge < -0.3 is 10.5 Å². The van der Waals surface area contributed by atoms with Gasteiger partial charge in [0.05, 0.1) is 18.3 Å². The van der Waals surface area contributed by atoms with E-state index in [0.717, 1.165) is 21.1 Å². The average Bonchev–Trinajstić information content (AvgIpc) is 2.19. The molecule has 2 N–H and O–H groups in total. The van der Waals surface area contributed by atoms with Gasteiger partial charge in [-0.15, -0.1) is 0 Å². The summed E-state index contributed by atoms with van der Waals surface area (Å²) in [5.74, 6) is 0.740. The van der Waals surface area contributed by atoms with Crippen LogP contribution >= 0.6 is 15.9 Å². The minimum atomic E-state index is 0.626. The predicted octanol–water partition coefficient (Wildman–Crippen LogP) is 2.59. The number of nitrogens with two attached hydrogens (primary N) is 1. The van der Waals surface area contributed by atoms with Crippen molar-refractivity contribution in [3.8, 4) is 5.75 Å². The quantitative estimate of drug-likeness (QED) is 0.794. The molecule has 1 aromatic carbocycles. The van der Waals surface area contributed by atoms with Crippen LogP contribution in [-0.2, 0) is 0 Å². The molecule has 0 saturated carbocycles. The van der Waals surface area contributed by atoms with Gasteiger partial charge in [0.1, 0.15) is 5.75 Å². The number of benzene rings is 1. The van der Waals surface area contributed by atoms with Crippen LogP contribution in [0.5, 0.6) is 5.75 Å². The van der Waals surface area contributed by atoms with Crippen LogP contribution in [0.15, 0.2) is 28.9 Å². The van der Waals surface area contributed by atoms with Gasteiger partial charge in [-0.25, -0.2) is 0 Å². The minimum absolute atomic E-state index is 0.626. The Hall–Kier alpha value is -1.29. The number of halogens is 1. The fraction of sp³-hybridized carbons (Fsp3) is 0.100. The maximum atomic E-state index is 5.84. The molecule has 1 aromatic heterocycles. The molecule has 4 heteroatoms. The molecule has 2 rings (SSSR count). The van der Waals surface area contributed by atoms with Gasteiger partial charge in [0.25, 0.3) is 0 Å². The summed E-state index contributed by atoms with van der Waals surface area (Å²) in [5.41, 5.74) is 7.26. The van der Waals surface area contributed by atoms with E-state index in [1.54, 1.807) is 19.4 Å². The molecule has 2 aromatic rings. The van der Waals surface area contributed by atoms with Crippen molar-refractivity contribution in [1.29, 1.82) is 0 Å². The summed E-state index contributed by atoms with van der Waals surface area (Å²) >= 11 is 3.44. The normalized spacial score (nSPS) is 10.4. The molecule has 0 unspecified atom stereocenters. The number of anilines is 1. The topological polar surface area (TPSA) is 48.1 Å². The van der Waals surface area contributed by atoms with Gasteiger partial charge in [0.15, 0.2) is 0 Å². The van der Waals surface area contributed by atoms with Gasteiger partial charge in [-0.05, 0) is 12.1 Å². The molecule has 0 bridgehead atoms. The Balaban J connectivity index is 2.83. The highest BCUT2D eigenvalue weighted by atomic mass is 79.9. The lowest BCUT2D eigenvalue weighted by atomic mass is 10.2. The number of rotatable bonds is 1. The van der Waals surface area contributed by atoms with E-state index in [1.165, 1.54) is 0 Å². The van der Waals surface area contributed by atoms with Gasteiger partial charge in [0.2, 0.25) is 0 Å². The Labute approximate surface area is 90.0 Å². The van der Waals surface area contributed by atoms with Crippen molar-refractivity contribution in [3.05, 3.63) is 28.9 Å². The zero-order valence-electron chi connectivity index (χ0n) is 7.62. The van der Waals surface area contributed by atoms with E-state index in [9.17, 15) is 0 Å². The number of hydrogen-bond acceptors (Lipinski definition) is 3. The molecule has 0 amide bonds. The highest BCUT2D eigenvalue weighted by Crippen LogP contribution is 2.30. The van der Waals surface area contributed by atoms with E-state index in [0.29, 0.717) is 5.69 Å². The van der Waals surface area contributed by atoms with Gasteiger partial charge in [-0.2, -0.15) is 0 Å². The van der Waals surface area contributed by atoms with E-state index in [2.05, 4.69) is 20.9 Å². The van der Waals surface area contributed by atoms with Crippen LogP contribution in [0.25, 0.3) is 10.9 Å². The Morgan fingerprint density at radius 3 is 2.93 bits per heavy atom. The average molecular weight is 253 g/mol. The van der Waals surface area contributed by atoms with E-state index >= 15 is 0 Å². The molecule has 1 heterocycles. The van der Waals surface area contributed by atoms with Crippen molar-refractivity contribution in [2.45, 2.75) is 0 Å². The Morgan fingerprint density at radius 2 is 2.21 bits per heavy atom. The zero-order valence-corrected chi connectivity index (χ0v) is 9.21. The van der Waals surface area contributed by atoms with Crippen molar-refractivity contribution in [1.82, 2.24) is 4.98 Å².